The van der Waals surface area contributed by atoms with Crippen LogP contribution in [0.25, 0.3) is 10.9 Å². The predicted molar refractivity (Wildman–Crippen MR) is 147 cm³/mol. The number of benzene rings is 1. The average molecular weight is 609 g/mol. The smallest absolute Gasteiger partial charge is 0.411 e. The Balaban J connectivity index is 1.56. The van der Waals surface area contributed by atoms with E-state index in [4.69, 9.17) is 25.5 Å². The Labute approximate surface area is 240 Å². The molecule has 2 aromatic heterocycles. The van der Waals surface area contributed by atoms with Crippen LogP contribution in [0.5, 0.6) is 5.75 Å². The molecule has 2 N–H and O–H groups in total. The molecule has 2 amide bonds. The maximum Gasteiger partial charge on any atom is 0.411 e. The summed E-state index contributed by atoms with van der Waals surface area (Å²) in [4.78, 5) is 53.6. The molecule has 0 radical (unpaired) electrons. The van der Waals surface area contributed by atoms with Crippen LogP contribution >= 0.6 is 11.6 Å². The Morgan fingerprint density at radius 3 is 2.56 bits per heavy atom. The number of aromatic amines is 1. The van der Waals surface area contributed by atoms with Gasteiger partial charge >= 0.3 is 12.1 Å². The number of nitrogens with one attached hydrogen (secondary N) is 2. The van der Waals surface area contributed by atoms with Crippen LogP contribution in [0.2, 0.25) is 5.02 Å². The van der Waals surface area contributed by atoms with Gasteiger partial charge in [0, 0.05) is 48.5 Å². The molecule has 0 aliphatic carbocycles. The van der Waals surface area contributed by atoms with E-state index in [1.54, 1.807) is 39.0 Å². The molecule has 41 heavy (non-hydrogen) atoms. The van der Waals surface area contributed by atoms with Gasteiger partial charge in [0.1, 0.15) is 28.7 Å². The van der Waals surface area contributed by atoms with Gasteiger partial charge in [0.25, 0.3) is 10.0 Å². The number of carbonyl (C=O) groups excluding carboxylic acids is 3. The summed E-state index contributed by atoms with van der Waals surface area (Å²) in [5, 5.41) is 3.52. The third-order valence-electron chi connectivity index (χ3n) is 5.99. The summed E-state index contributed by atoms with van der Waals surface area (Å²) in [5.74, 6) is -1.67. The summed E-state index contributed by atoms with van der Waals surface area (Å²) < 4.78 is 43.7. The number of aromatic nitrogens is 1. The second-order valence-corrected chi connectivity index (χ2v) is 12.6. The van der Waals surface area contributed by atoms with Crippen LogP contribution in [0.1, 0.15) is 33.5 Å². The van der Waals surface area contributed by atoms with Crippen molar-refractivity contribution < 1.29 is 36.7 Å². The number of rotatable bonds is 6. The molecule has 1 aliphatic rings. The number of sulfonamides is 1. The van der Waals surface area contributed by atoms with Gasteiger partial charge in [-0.25, -0.2) is 13.2 Å². The Morgan fingerprint density at radius 2 is 1.90 bits per heavy atom. The van der Waals surface area contributed by atoms with E-state index in [0.29, 0.717) is 15.9 Å². The zero-order valence-corrected chi connectivity index (χ0v) is 24.3. The number of halogens is 1. The fourth-order valence-corrected chi connectivity index (χ4v) is 5.78. The molecule has 4 rings (SSSR count). The number of amides is 2. The van der Waals surface area contributed by atoms with E-state index in [0.717, 1.165) is 28.5 Å². The maximum atomic E-state index is 13.6. The molecular weight excluding hydrogens is 580 g/mol. The minimum atomic E-state index is -4.10. The number of fused-ring (bicyclic) bond motifs is 1. The van der Waals surface area contributed by atoms with Crippen molar-refractivity contribution in [1.82, 2.24) is 19.5 Å². The van der Waals surface area contributed by atoms with E-state index in [1.165, 1.54) is 6.07 Å². The van der Waals surface area contributed by atoms with Gasteiger partial charge in [0.15, 0.2) is 0 Å². The molecule has 3 heterocycles. The van der Waals surface area contributed by atoms with Crippen molar-refractivity contribution in [1.29, 1.82) is 0 Å². The third kappa shape index (κ3) is 7.07. The highest BCUT2D eigenvalue weighted by Crippen LogP contribution is 2.26. The SMILES string of the molecule is CC(=O)Oc1coc(CNC(=O)C2CN(S(=O)(=O)c3cc4cc(Cl)ccc4[nH]3)CCN2C(=O)OC(C)(C)C)cc1=O. The second-order valence-electron chi connectivity index (χ2n) is 10.3. The minimum Gasteiger partial charge on any atom is -0.463 e. The van der Waals surface area contributed by atoms with Crippen molar-refractivity contribution >= 4 is 50.5 Å². The van der Waals surface area contributed by atoms with Crippen molar-refractivity contribution in [2.24, 2.45) is 0 Å². The van der Waals surface area contributed by atoms with Crippen LogP contribution in [0.15, 0.2) is 50.8 Å². The summed E-state index contributed by atoms with van der Waals surface area (Å²) in [7, 11) is -4.10. The van der Waals surface area contributed by atoms with Crippen LogP contribution in [-0.4, -0.2) is 71.9 Å². The number of esters is 1. The van der Waals surface area contributed by atoms with E-state index in [2.05, 4.69) is 10.3 Å². The monoisotopic (exact) mass is 608 g/mol. The Hall–Kier alpha value is -3.88. The summed E-state index contributed by atoms with van der Waals surface area (Å²) in [5.41, 5.74) is -0.934. The van der Waals surface area contributed by atoms with Gasteiger partial charge in [-0.3, -0.25) is 19.3 Å². The Kier molecular flexibility index (Phi) is 8.47. The van der Waals surface area contributed by atoms with Crippen molar-refractivity contribution in [3.63, 3.8) is 0 Å². The number of nitrogens with zero attached hydrogens (tertiary/aromatic N) is 2. The van der Waals surface area contributed by atoms with Gasteiger partial charge in [-0.1, -0.05) is 11.6 Å². The maximum absolute atomic E-state index is 13.6. The third-order valence-corrected chi connectivity index (χ3v) is 8.01. The van der Waals surface area contributed by atoms with E-state index in [9.17, 15) is 27.6 Å². The molecule has 0 saturated carbocycles. The number of piperazine rings is 1. The molecule has 3 aromatic rings. The first-order chi connectivity index (χ1) is 19.1. The van der Waals surface area contributed by atoms with Crippen molar-refractivity contribution in [2.45, 2.75) is 50.9 Å². The molecule has 1 aliphatic heterocycles. The zero-order valence-electron chi connectivity index (χ0n) is 22.7. The molecule has 1 aromatic carbocycles. The summed E-state index contributed by atoms with van der Waals surface area (Å²) in [6.07, 6.45) is 0.160. The molecule has 0 bridgehead atoms. The Bertz CT molecular complexity index is 1660. The molecule has 220 valence electrons. The van der Waals surface area contributed by atoms with E-state index in [1.807, 2.05) is 0 Å². The second kappa shape index (κ2) is 11.5. The molecule has 1 fully saturated rings. The highest BCUT2D eigenvalue weighted by atomic mass is 35.5. The number of H-pyrrole nitrogens is 1. The van der Waals surface area contributed by atoms with Crippen molar-refractivity contribution in [3.05, 3.63) is 57.6 Å². The molecule has 1 atom stereocenters. The first kappa shape index (κ1) is 30.1. The molecule has 15 heteroatoms. The number of carbonyl (C=O) groups is 3. The average Bonchev–Trinajstić information content (AvgIpc) is 3.31. The lowest BCUT2D eigenvalue weighted by Crippen LogP contribution is -2.62. The zero-order chi connectivity index (χ0) is 30.1. The molecule has 13 nitrogen and oxygen atoms in total. The quantitative estimate of drug-likeness (QED) is 0.400. The minimum absolute atomic E-state index is 0.0418. The summed E-state index contributed by atoms with van der Waals surface area (Å²) >= 11 is 6.04. The molecule has 1 saturated heterocycles. The largest absolute Gasteiger partial charge is 0.463 e. The molecule has 0 spiro atoms. The van der Waals surface area contributed by atoms with Crippen LogP contribution in [0.4, 0.5) is 4.79 Å². The van der Waals surface area contributed by atoms with Gasteiger partial charge in [-0.2, -0.15) is 4.31 Å². The predicted octanol–water partition coefficient (Wildman–Crippen LogP) is 2.63. The van der Waals surface area contributed by atoms with Crippen LogP contribution in [0.3, 0.4) is 0 Å². The lowest BCUT2D eigenvalue weighted by molar-refractivity contribution is -0.132. The fourth-order valence-electron chi connectivity index (χ4n) is 4.15. The summed E-state index contributed by atoms with van der Waals surface area (Å²) in [6.45, 7) is 5.31. The van der Waals surface area contributed by atoms with E-state index >= 15 is 0 Å². The van der Waals surface area contributed by atoms with Gasteiger partial charge in [0.05, 0.1) is 6.54 Å². The van der Waals surface area contributed by atoms with Crippen molar-refractivity contribution in [3.8, 4) is 5.75 Å². The van der Waals surface area contributed by atoms with Gasteiger partial charge in [0.2, 0.25) is 17.1 Å². The van der Waals surface area contributed by atoms with Crippen LogP contribution in [0, 0.1) is 0 Å². The molecular formula is C26H29ClN4O9S. The fraction of sp³-hybridized carbons (Fsp3) is 0.385. The van der Waals surface area contributed by atoms with Gasteiger partial charge in [-0.15, -0.1) is 0 Å². The first-order valence-corrected chi connectivity index (χ1v) is 14.3. The number of hydrogen-bond donors (Lipinski definition) is 2. The standard InChI is InChI=1S/C26H29ClN4O9S/c1-15(32)39-22-14-38-18(11-21(22)33)12-28-24(34)20-13-30(7-8-31(20)25(35)40-26(2,3)4)41(36,37)23-10-16-9-17(27)5-6-19(16)29-23/h5-6,9-11,14,20,29H,7-8,12-13H2,1-4H3,(H,28,34). The van der Waals surface area contributed by atoms with E-state index in [-0.39, 0.29) is 42.7 Å². The Morgan fingerprint density at radius 1 is 1.17 bits per heavy atom. The van der Waals surface area contributed by atoms with E-state index < -0.39 is 45.1 Å². The van der Waals surface area contributed by atoms with Crippen LogP contribution in [-0.2, 0) is 30.9 Å². The normalized spacial score (nSPS) is 16.4. The van der Waals surface area contributed by atoms with Gasteiger partial charge < -0.3 is 24.2 Å². The number of hydrogen-bond acceptors (Lipinski definition) is 9. The number of ether oxygens (including phenoxy) is 2. The molecule has 1 unspecified atom stereocenters. The lowest BCUT2D eigenvalue weighted by Gasteiger charge is -2.40. The first-order valence-electron chi connectivity index (χ1n) is 12.5. The van der Waals surface area contributed by atoms with Crippen molar-refractivity contribution in [2.75, 3.05) is 19.6 Å². The van der Waals surface area contributed by atoms with Gasteiger partial charge in [-0.05, 0) is 45.0 Å². The highest BCUT2D eigenvalue weighted by Gasteiger charge is 2.42. The van der Waals surface area contributed by atoms with Crippen LogP contribution < -0.4 is 15.5 Å². The summed E-state index contributed by atoms with van der Waals surface area (Å²) in [6, 6.07) is 6.14. The highest BCUT2D eigenvalue weighted by molar-refractivity contribution is 7.89. The topological polar surface area (TPSA) is 168 Å². The lowest BCUT2D eigenvalue weighted by atomic mass is 10.1.